The van der Waals surface area contributed by atoms with Gasteiger partial charge in [-0.1, -0.05) is 0 Å². The van der Waals surface area contributed by atoms with Gasteiger partial charge in [0.15, 0.2) is 11.5 Å². The van der Waals surface area contributed by atoms with Crippen LogP contribution in [0, 0.1) is 6.92 Å². The zero-order chi connectivity index (χ0) is 18.1. The van der Waals surface area contributed by atoms with Crippen LogP contribution in [0.25, 0.3) is 11.6 Å². The number of hydrogen-bond acceptors (Lipinski definition) is 5. The summed E-state index contributed by atoms with van der Waals surface area (Å²) in [6.07, 6.45) is 1.72. The molecule has 6 heteroatoms. The Morgan fingerprint density at radius 3 is 2.20 bits per heavy atom. The molecule has 3 rings (SSSR count). The zero-order valence-electron chi connectivity index (χ0n) is 14.5. The van der Waals surface area contributed by atoms with Gasteiger partial charge in [0.25, 0.3) is 5.91 Å². The molecule has 0 spiro atoms. The van der Waals surface area contributed by atoms with Gasteiger partial charge in [-0.2, -0.15) is 0 Å². The molecule has 0 saturated carbocycles. The number of benzene rings is 2. The lowest BCUT2D eigenvalue weighted by molar-refractivity contribution is -0.110. The minimum Gasteiger partial charge on any atom is -0.508 e. The maximum atomic E-state index is 12.3. The van der Waals surface area contributed by atoms with E-state index < -0.39 is 0 Å². The molecule has 0 radical (unpaired) electrons. The number of nitrogens with one attached hydrogen (secondary N) is 1. The Morgan fingerprint density at radius 2 is 1.64 bits per heavy atom. The number of anilines is 1. The molecule has 0 bridgehead atoms. The van der Waals surface area contributed by atoms with Crippen molar-refractivity contribution in [3.8, 4) is 23.0 Å². The van der Waals surface area contributed by atoms with Gasteiger partial charge in [-0.25, -0.2) is 0 Å². The molecule has 1 aliphatic rings. The third kappa shape index (κ3) is 2.87. The summed E-state index contributed by atoms with van der Waals surface area (Å²) in [7, 11) is 4.60. The molecule has 2 aromatic rings. The highest BCUT2D eigenvalue weighted by Crippen LogP contribution is 2.41. The highest BCUT2D eigenvalue weighted by molar-refractivity contribution is 6.35. The number of carbonyl (C=O) groups is 1. The van der Waals surface area contributed by atoms with Crippen molar-refractivity contribution >= 4 is 23.2 Å². The lowest BCUT2D eigenvalue weighted by Gasteiger charge is -2.13. The van der Waals surface area contributed by atoms with Crippen molar-refractivity contribution < 1.29 is 24.1 Å². The molecule has 2 N–H and O–H groups in total. The van der Waals surface area contributed by atoms with Crippen LogP contribution in [-0.2, 0) is 4.79 Å². The van der Waals surface area contributed by atoms with Crippen LogP contribution in [0.3, 0.4) is 0 Å². The van der Waals surface area contributed by atoms with Crippen LogP contribution in [0.2, 0.25) is 0 Å². The Labute approximate surface area is 145 Å². The Morgan fingerprint density at radius 1 is 1.00 bits per heavy atom. The summed E-state index contributed by atoms with van der Waals surface area (Å²) in [4.78, 5) is 12.3. The monoisotopic (exact) mass is 341 g/mol. The van der Waals surface area contributed by atoms with Gasteiger partial charge in [0.1, 0.15) is 5.75 Å². The van der Waals surface area contributed by atoms with Crippen LogP contribution in [-0.4, -0.2) is 32.3 Å². The molecule has 1 heterocycles. The molecular weight excluding hydrogens is 322 g/mol. The van der Waals surface area contributed by atoms with E-state index in [0.29, 0.717) is 45.2 Å². The first-order valence-electron chi connectivity index (χ1n) is 7.65. The third-order valence-electron chi connectivity index (χ3n) is 4.12. The van der Waals surface area contributed by atoms with E-state index in [1.807, 2.05) is 0 Å². The summed E-state index contributed by atoms with van der Waals surface area (Å²) in [6, 6.07) is 6.85. The number of phenolic OH excluding ortho intramolecular Hbond substituents is 1. The van der Waals surface area contributed by atoms with E-state index >= 15 is 0 Å². The number of fused-ring (bicyclic) bond motifs is 1. The van der Waals surface area contributed by atoms with Crippen molar-refractivity contribution in [3.05, 3.63) is 41.0 Å². The van der Waals surface area contributed by atoms with Crippen LogP contribution < -0.4 is 19.5 Å². The molecule has 1 aliphatic heterocycles. The highest BCUT2D eigenvalue weighted by Gasteiger charge is 2.25. The number of aryl methyl sites for hydroxylation is 1. The van der Waals surface area contributed by atoms with Crippen molar-refractivity contribution in [2.24, 2.45) is 0 Å². The van der Waals surface area contributed by atoms with E-state index in [0.717, 1.165) is 0 Å². The predicted octanol–water partition coefficient (Wildman–Crippen LogP) is 3.22. The number of methoxy groups -OCH3 is 3. The largest absolute Gasteiger partial charge is 0.508 e. The number of amides is 1. The van der Waals surface area contributed by atoms with Crippen LogP contribution >= 0.6 is 0 Å². The fraction of sp³-hybridized carbons (Fsp3) is 0.211. The molecule has 0 saturated heterocycles. The minimum atomic E-state index is -0.228. The van der Waals surface area contributed by atoms with Crippen molar-refractivity contribution in [3.63, 3.8) is 0 Å². The van der Waals surface area contributed by atoms with Crippen LogP contribution in [0.1, 0.15) is 16.7 Å². The van der Waals surface area contributed by atoms with Gasteiger partial charge in [0.2, 0.25) is 5.75 Å². The summed E-state index contributed by atoms with van der Waals surface area (Å²) in [5, 5.41) is 12.8. The molecule has 0 fully saturated rings. The van der Waals surface area contributed by atoms with Gasteiger partial charge in [-0.15, -0.1) is 0 Å². The summed E-state index contributed by atoms with van der Waals surface area (Å²) in [5.41, 5.74) is 3.21. The summed E-state index contributed by atoms with van der Waals surface area (Å²) in [5.74, 6) is 1.40. The summed E-state index contributed by atoms with van der Waals surface area (Å²) < 4.78 is 16.0. The van der Waals surface area contributed by atoms with E-state index in [4.69, 9.17) is 14.2 Å². The normalized spacial score (nSPS) is 14.2. The fourth-order valence-corrected chi connectivity index (χ4v) is 2.83. The second-order valence-electron chi connectivity index (χ2n) is 5.66. The molecule has 0 aromatic heterocycles. The Balaban J connectivity index is 2.13. The number of carbonyl (C=O) groups excluding carboxylic acids is 1. The lowest BCUT2D eigenvalue weighted by atomic mass is 10.0. The maximum absolute atomic E-state index is 12.3. The van der Waals surface area contributed by atoms with Gasteiger partial charge < -0.3 is 24.6 Å². The minimum absolute atomic E-state index is 0.144. The second-order valence-corrected chi connectivity index (χ2v) is 5.66. The van der Waals surface area contributed by atoms with Gasteiger partial charge in [-0.05, 0) is 48.4 Å². The average Bonchev–Trinajstić information content (AvgIpc) is 2.89. The zero-order valence-corrected chi connectivity index (χ0v) is 14.5. The van der Waals surface area contributed by atoms with Gasteiger partial charge >= 0.3 is 0 Å². The molecule has 6 nitrogen and oxygen atoms in total. The Bertz CT molecular complexity index is 861. The highest BCUT2D eigenvalue weighted by atomic mass is 16.5. The predicted molar refractivity (Wildman–Crippen MR) is 95.4 cm³/mol. The van der Waals surface area contributed by atoms with E-state index in [1.165, 1.54) is 21.3 Å². The van der Waals surface area contributed by atoms with E-state index in [1.54, 1.807) is 37.3 Å². The van der Waals surface area contributed by atoms with Crippen molar-refractivity contribution in [1.29, 1.82) is 0 Å². The molecule has 0 aliphatic carbocycles. The summed E-state index contributed by atoms with van der Waals surface area (Å²) >= 11 is 0. The van der Waals surface area contributed by atoms with Gasteiger partial charge in [0.05, 0.1) is 21.3 Å². The number of phenols is 1. The molecule has 130 valence electrons. The van der Waals surface area contributed by atoms with E-state index in [-0.39, 0.29) is 11.7 Å². The molecule has 0 atom stereocenters. The molecule has 2 aromatic carbocycles. The van der Waals surface area contributed by atoms with Crippen molar-refractivity contribution in [2.45, 2.75) is 6.92 Å². The lowest BCUT2D eigenvalue weighted by Crippen LogP contribution is -2.03. The average molecular weight is 341 g/mol. The smallest absolute Gasteiger partial charge is 0.256 e. The third-order valence-corrected chi connectivity index (χ3v) is 4.12. The standard InChI is InChI=1S/C19H19NO5/c1-10-5-14-12(9-15(10)21)13(19(22)20-14)6-11-7-16(23-2)18(25-4)17(8-11)24-3/h5-9,21H,1-4H3,(H,20,22)/b13-6+. The first kappa shape index (κ1) is 16.7. The molecule has 25 heavy (non-hydrogen) atoms. The molecular formula is C19H19NO5. The Kier molecular flexibility index (Phi) is 4.27. The van der Waals surface area contributed by atoms with Crippen molar-refractivity contribution in [1.82, 2.24) is 0 Å². The maximum Gasteiger partial charge on any atom is 0.256 e. The first-order chi connectivity index (χ1) is 12.0. The number of aromatic hydroxyl groups is 1. The fourth-order valence-electron chi connectivity index (χ4n) is 2.83. The van der Waals surface area contributed by atoms with E-state index in [2.05, 4.69) is 5.32 Å². The summed E-state index contributed by atoms with van der Waals surface area (Å²) in [6.45, 7) is 1.78. The van der Waals surface area contributed by atoms with Crippen LogP contribution in [0.5, 0.6) is 23.0 Å². The van der Waals surface area contributed by atoms with Gasteiger partial charge in [-0.3, -0.25) is 4.79 Å². The topological polar surface area (TPSA) is 77.0 Å². The number of hydrogen-bond donors (Lipinski definition) is 2. The van der Waals surface area contributed by atoms with Crippen molar-refractivity contribution in [2.75, 3.05) is 26.6 Å². The Hall–Kier alpha value is -3.15. The first-order valence-corrected chi connectivity index (χ1v) is 7.65. The van der Waals surface area contributed by atoms with Crippen LogP contribution in [0.15, 0.2) is 24.3 Å². The SMILES string of the molecule is COc1cc(/C=C2/C(=O)Nc3cc(C)c(O)cc32)cc(OC)c1OC. The molecule has 0 unspecified atom stereocenters. The number of rotatable bonds is 4. The quantitative estimate of drug-likeness (QED) is 0.659. The van der Waals surface area contributed by atoms with E-state index in [9.17, 15) is 9.90 Å². The number of ether oxygens (including phenoxy) is 3. The van der Waals surface area contributed by atoms with Gasteiger partial charge in [0, 0.05) is 16.8 Å². The molecule has 1 amide bonds. The van der Waals surface area contributed by atoms with Crippen LogP contribution in [0.4, 0.5) is 5.69 Å². The second kappa shape index (κ2) is 6.39.